The van der Waals surface area contributed by atoms with Crippen LogP contribution in [0.2, 0.25) is 0 Å². The van der Waals surface area contributed by atoms with E-state index in [0.717, 1.165) is 57.5 Å². The molecule has 4 aromatic carbocycles. The molecule has 2 unspecified atom stereocenters. The molecule has 4 aromatic rings. The minimum absolute atomic E-state index is 0. The summed E-state index contributed by atoms with van der Waals surface area (Å²) in [4.78, 5) is 12.4. The standard InChI is InChI=1S/C33H34N2O4.ClH/c1-34-33(36)23-9-13-28-29-14-8-22-19-26(37-2)12-15-27(22)31(29)32(39-30(28)20-23)21-6-10-25(11-7-21)38-18-16-24-5-3-4-17-35-24;/h6-15,19-20,24,32,35H,3-5,16-18H2,1-2H3,(H,34,36);1H. The minimum Gasteiger partial charge on any atom is -0.497 e. The summed E-state index contributed by atoms with van der Waals surface area (Å²) in [7, 11) is 3.32. The Kier molecular flexibility index (Phi) is 8.48. The Bertz CT molecular complexity index is 1500. The molecule has 2 heterocycles. The van der Waals surface area contributed by atoms with E-state index in [9.17, 15) is 4.79 Å². The maximum Gasteiger partial charge on any atom is 0.251 e. The van der Waals surface area contributed by atoms with Crippen LogP contribution in [0.3, 0.4) is 0 Å². The molecule has 2 aliphatic rings. The fourth-order valence-corrected chi connectivity index (χ4v) is 5.75. The average Bonchev–Trinajstić information content (AvgIpc) is 3.00. The molecule has 0 radical (unpaired) electrons. The highest BCUT2D eigenvalue weighted by molar-refractivity contribution is 5.98. The molecule has 6 nitrogen and oxygen atoms in total. The van der Waals surface area contributed by atoms with Crippen molar-refractivity contribution in [3.63, 3.8) is 0 Å². The molecule has 6 rings (SSSR count). The quantitative estimate of drug-likeness (QED) is 0.264. The Morgan fingerprint density at radius 3 is 2.52 bits per heavy atom. The average molecular weight is 559 g/mol. The van der Waals surface area contributed by atoms with Crippen molar-refractivity contribution < 1.29 is 19.0 Å². The van der Waals surface area contributed by atoms with E-state index in [1.807, 2.05) is 36.4 Å². The van der Waals surface area contributed by atoms with E-state index in [2.05, 4.69) is 47.0 Å². The monoisotopic (exact) mass is 558 g/mol. The van der Waals surface area contributed by atoms with Crippen molar-refractivity contribution in [2.24, 2.45) is 0 Å². The first-order valence-electron chi connectivity index (χ1n) is 13.7. The van der Waals surface area contributed by atoms with Crippen LogP contribution in [0.5, 0.6) is 17.2 Å². The Hall–Kier alpha value is -3.74. The first kappa shape index (κ1) is 27.8. The van der Waals surface area contributed by atoms with Gasteiger partial charge in [-0.1, -0.05) is 36.8 Å². The molecule has 208 valence electrons. The molecule has 0 aliphatic carbocycles. The number of methoxy groups -OCH3 is 1. The number of carbonyl (C=O) groups excluding carboxylic acids is 1. The summed E-state index contributed by atoms with van der Waals surface area (Å²) in [5.74, 6) is 2.23. The highest BCUT2D eigenvalue weighted by atomic mass is 35.5. The van der Waals surface area contributed by atoms with Crippen LogP contribution in [0.4, 0.5) is 0 Å². The largest absolute Gasteiger partial charge is 0.497 e. The first-order chi connectivity index (χ1) is 19.1. The van der Waals surface area contributed by atoms with Crippen LogP contribution in [0.1, 0.15) is 53.3 Å². The predicted molar refractivity (Wildman–Crippen MR) is 161 cm³/mol. The lowest BCUT2D eigenvalue weighted by Crippen LogP contribution is -2.35. The third-order valence-corrected chi connectivity index (χ3v) is 7.87. The number of benzene rings is 4. The number of nitrogens with one attached hydrogen (secondary N) is 2. The van der Waals surface area contributed by atoms with E-state index in [0.29, 0.717) is 24.0 Å². The molecular formula is C33H35ClN2O4. The second-order valence-corrected chi connectivity index (χ2v) is 10.3. The molecule has 2 atom stereocenters. The van der Waals surface area contributed by atoms with Crippen LogP contribution in [0, 0.1) is 0 Å². The van der Waals surface area contributed by atoms with Gasteiger partial charge >= 0.3 is 0 Å². The number of ether oxygens (including phenoxy) is 3. The van der Waals surface area contributed by atoms with Crippen molar-refractivity contribution in [2.45, 2.75) is 37.8 Å². The highest BCUT2D eigenvalue weighted by Gasteiger charge is 2.30. The maximum absolute atomic E-state index is 12.4. The minimum atomic E-state index is -0.343. The van der Waals surface area contributed by atoms with Crippen molar-refractivity contribution in [3.05, 3.63) is 89.5 Å². The van der Waals surface area contributed by atoms with Crippen molar-refractivity contribution in [1.29, 1.82) is 0 Å². The molecule has 0 bridgehead atoms. The molecule has 0 spiro atoms. The zero-order valence-electron chi connectivity index (χ0n) is 22.9. The van der Waals surface area contributed by atoms with Crippen molar-refractivity contribution in [3.8, 4) is 28.4 Å². The third kappa shape index (κ3) is 5.47. The fraction of sp³-hybridized carbons (Fsp3) is 0.303. The summed E-state index contributed by atoms with van der Waals surface area (Å²) < 4.78 is 18.2. The zero-order valence-corrected chi connectivity index (χ0v) is 23.7. The topological polar surface area (TPSA) is 68.8 Å². The number of piperidine rings is 1. The van der Waals surface area contributed by atoms with E-state index in [1.54, 1.807) is 14.2 Å². The van der Waals surface area contributed by atoms with Crippen LogP contribution in [-0.4, -0.2) is 39.3 Å². The van der Waals surface area contributed by atoms with Gasteiger partial charge in [0.15, 0.2) is 6.10 Å². The molecular weight excluding hydrogens is 524 g/mol. The second kappa shape index (κ2) is 12.2. The van der Waals surface area contributed by atoms with Gasteiger partial charge in [-0.15, -0.1) is 12.4 Å². The van der Waals surface area contributed by atoms with Gasteiger partial charge in [0.1, 0.15) is 17.2 Å². The molecule has 2 N–H and O–H groups in total. The third-order valence-electron chi connectivity index (χ3n) is 7.87. The van der Waals surface area contributed by atoms with Crippen molar-refractivity contribution in [2.75, 3.05) is 27.3 Å². The lowest BCUT2D eigenvalue weighted by molar-refractivity contribution is 0.0962. The second-order valence-electron chi connectivity index (χ2n) is 10.3. The van der Waals surface area contributed by atoms with Crippen LogP contribution in [0.15, 0.2) is 72.8 Å². The molecule has 2 aliphatic heterocycles. The van der Waals surface area contributed by atoms with Crippen LogP contribution < -0.4 is 24.8 Å². The summed E-state index contributed by atoms with van der Waals surface area (Å²) >= 11 is 0. The van der Waals surface area contributed by atoms with Gasteiger partial charge in [-0.25, -0.2) is 0 Å². The summed E-state index contributed by atoms with van der Waals surface area (Å²) in [6.45, 7) is 1.80. The maximum atomic E-state index is 12.4. The number of hydrogen-bond donors (Lipinski definition) is 2. The number of rotatable bonds is 7. The lowest BCUT2D eigenvalue weighted by Gasteiger charge is -2.31. The smallest absolute Gasteiger partial charge is 0.251 e. The predicted octanol–water partition coefficient (Wildman–Crippen LogP) is 6.69. The fourth-order valence-electron chi connectivity index (χ4n) is 5.75. The molecule has 7 heteroatoms. The number of halogens is 1. The Balaban J connectivity index is 0.00000323. The van der Waals surface area contributed by atoms with Crippen LogP contribution in [0.25, 0.3) is 21.9 Å². The normalized spacial score (nSPS) is 17.6. The summed E-state index contributed by atoms with van der Waals surface area (Å²) in [6, 6.07) is 24.8. The van der Waals surface area contributed by atoms with E-state index < -0.39 is 0 Å². The molecule has 1 fully saturated rings. The van der Waals surface area contributed by atoms with E-state index in [1.165, 1.54) is 19.3 Å². The number of fused-ring (bicyclic) bond motifs is 5. The van der Waals surface area contributed by atoms with Crippen LogP contribution in [-0.2, 0) is 0 Å². The summed E-state index contributed by atoms with van der Waals surface area (Å²) in [5.41, 5.74) is 4.77. The number of hydrogen-bond acceptors (Lipinski definition) is 5. The Labute approximate surface area is 241 Å². The van der Waals surface area contributed by atoms with Crippen molar-refractivity contribution >= 4 is 29.1 Å². The van der Waals surface area contributed by atoms with E-state index in [4.69, 9.17) is 14.2 Å². The Morgan fingerprint density at radius 1 is 0.975 bits per heavy atom. The summed E-state index contributed by atoms with van der Waals surface area (Å²) in [6.07, 6.45) is 4.46. The van der Waals surface area contributed by atoms with Gasteiger partial charge in [0.2, 0.25) is 0 Å². The van der Waals surface area contributed by atoms with Crippen molar-refractivity contribution in [1.82, 2.24) is 10.6 Å². The van der Waals surface area contributed by atoms with Gasteiger partial charge in [0.25, 0.3) is 5.91 Å². The molecule has 1 amide bonds. The van der Waals surface area contributed by atoms with E-state index in [-0.39, 0.29) is 24.4 Å². The van der Waals surface area contributed by atoms with Gasteiger partial charge < -0.3 is 24.8 Å². The van der Waals surface area contributed by atoms with Crippen LogP contribution >= 0.6 is 12.4 Å². The number of carbonyl (C=O) groups is 1. The zero-order chi connectivity index (χ0) is 26.8. The Morgan fingerprint density at radius 2 is 1.77 bits per heavy atom. The van der Waals surface area contributed by atoms with Gasteiger partial charge in [0.05, 0.1) is 13.7 Å². The van der Waals surface area contributed by atoms with Gasteiger partial charge in [-0.05, 0) is 90.2 Å². The van der Waals surface area contributed by atoms with Gasteiger partial charge in [-0.2, -0.15) is 0 Å². The molecule has 1 saturated heterocycles. The van der Waals surface area contributed by atoms with Gasteiger partial charge in [-0.3, -0.25) is 4.79 Å². The van der Waals surface area contributed by atoms with E-state index >= 15 is 0 Å². The van der Waals surface area contributed by atoms with Gasteiger partial charge in [0, 0.05) is 29.8 Å². The number of amides is 1. The molecule has 0 aromatic heterocycles. The summed E-state index contributed by atoms with van der Waals surface area (Å²) in [5, 5.41) is 8.48. The molecule has 0 saturated carbocycles. The lowest BCUT2D eigenvalue weighted by atomic mass is 9.85. The first-order valence-corrected chi connectivity index (χ1v) is 13.7. The molecule has 40 heavy (non-hydrogen) atoms. The SMILES string of the molecule is CNC(=O)c1ccc2c(c1)OC(c1ccc(OCCC3CCCCN3)cc1)c1c-2ccc2cc(OC)ccc12.Cl. The highest BCUT2D eigenvalue weighted by Crippen LogP contribution is 2.48.